The second kappa shape index (κ2) is 3.73. The first-order chi connectivity index (χ1) is 7.18. The van der Waals surface area contributed by atoms with Gasteiger partial charge < -0.3 is 10.0 Å². The van der Waals surface area contributed by atoms with E-state index >= 15 is 0 Å². The Morgan fingerprint density at radius 2 is 2.27 bits per heavy atom. The average molecular weight is 206 g/mol. The number of benzene rings is 1. The van der Waals surface area contributed by atoms with Crippen molar-refractivity contribution in [1.82, 2.24) is 0 Å². The van der Waals surface area contributed by atoms with Crippen molar-refractivity contribution in [1.29, 1.82) is 0 Å². The Hall–Kier alpha value is -1.84. The summed E-state index contributed by atoms with van der Waals surface area (Å²) >= 11 is 0. The zero-order valence-electron chi connectivity index (χ0n) is 8.31. The van der Waals surface area contributed by atoms with Gasteiger partial charge in [0.25, 0.3) is 0 Å². The van der Waals surface area contributed by atoms with E-state index in [-0.39, 0.29) is 5.75 Å². The molecule has 1 aliphatic rings. The minimum Gasteiger partial charge on any atom is -0.508 e. The van der Waals surface area contributed by atoms with Crippen LogP contribution in [-0.2, 0) is 0 Å². The molecule has 1 aromatic carbocycles. The second-order valence-corrected chi connectivity index (χ2v) is 3.36. The van der Waals surface area contributed by atoms with Gasteiger partial charge in [0, 0.05) is 30.1 Å². The third kappa shape index (κ3) is 1.83. The van der Waals surface area contributed by atoms with E-state index < -0.39 is 5.82 Å². The van der Waals surface area contributed by atoms with Crippen LogP contribution in [0, 0.1) is 12.7 Å². The number of phenolic OH excluding ortho intramolecular Hbond substituents is 1. The Morgan fingerprint density at radius 3 is 2.93 bits per heavy atom. The minimum atomic E-state index is -0.409. The number of aromatic hydroxyl groups is 1. The van der Waals surface area contributed by atoms with Crippen molar-refractivity contribution in [2.24, 2.45) is 4.99 Å². The van der Waals surface area contributed by atoms with E-state index in [9.17, 15) is 9.50 Å². The highest BCUT2D eigenvalue weighted by atomic mass is 19.1. The van der Waals surface area contributed by atoms with E-state index in [2.05, 4.69) is 4.99 Å². The highest BCUT2D eigenvalue weighted by Gasteiger charge is 2.12. The van der Waals surface area contributed by atoms with Crippen LogP contribution in [0.5, 0.6) is 5.75 Å². The Kier molecular flexibility index (Phi) is 2.41. The molecule has 3 nitrogen and oxygen atoms in total. The number of rotatable bonds is 1. The zero-order valence-corrected chi connectivity index (χ0v) is 8.31. The van der Waals surface area contributed by atoms with Crippen molar-refractivity contribution in [2.75, 3.05) is 11.6 Å². The maximum Gasteiger partial charge on any atom is 0.131 e. The maximum absolute atomic E-state index is 13.3. The number of hydrogen-bond donors (Lipinski definition) is 1. The van der Waals surface area contributed by atoms with Gasteiger partial charge in [0.1, 0.15) is 18.2 Å². The number of allylic oxidation sites excluding steroid dienone is 1. The fourth-order valence-electron chi connectivity index (χ4n) is 1.49. The van der Waals surface area contributed by atoms with Crippen LogP contribution in [0.3, 0.4) is 0 Å². The predicted molar refractivity (Wildman–Crippen MR) is 57.8 cm³/mol. The number of halogens is 1. The molecule has 0 spiro atoms. The van der Waals surface area contributed by atoms with Crippen LogP contribution in [-0.4, -0.2) is 18.0 Å². The van der Waals surface area contributed by atoms with E-state index in [1.165, 1.54) is 6.07 Å². The molecule has 0 fully saturated rings. The molecular formula is C11H11FN2O. The number of aliphatic imine (C=N–C) groups is 1. The smallest absolute Gasteiger partial charge is 0.131 e. The van der Waals surface area contributed by atoms with Gasteiger partial charge in [-0.2, -0.15) is 0 Å². The van der Waals surface area contributed by atoms with Gasteiger partial charge in [0.15, 0.2) is 0 Å². The first kappa shape index (κ1) is 9.71. The molecule has 0 saturated carbocycles. The third-order valence-electron chi connectivity index (χ3n) is 2.30. The lowest BCUT2D eigenvalue weighted by atomic mass is 10.1. The molecule has 1 N–H and O–H groups in total. The number of phenols is 1. The van der Waals surface area contributed by atoms with Crippen molar-refractivity contribution >= 4 is 11.9 Å². The zero-order chi connectivity index (χ0) is 10.8. The van der Waals surface area contributed by atoms with E-state index in [1.54, 1.807) is 30.3 Å². The van der Waals surface area contributed by atoms with Gasteiger partial charge in [0.2, 0.25) is 0 Å². The molecule has 0 unspecified atom stereocenters. The summed E-state index contributed by atoms with van der Waals surface area (Å²) in [4.78, 5) is 5.82. The fourth-order valence-corrected chi connectivity index (χ4v) is 1.49. The third-order valence-corrected chi connectivity index (χ3v) is 2.30. The van der Waals surface area contributed by atoms with Crippen LogP contribution in [0.25, 0.3) is 0 Å². The summed E-state index contributed by atoms with van der Waals surface area (Å²) in [6.45, 7) is 2.12. The molecule has 0 radical (unpaired) electrons. The molecule has 1 heterocycles. The van der Waals surface area contributed by atoms with Gasteiger partial charge >= 0.3 is 0 Å². The molecule has 4 heteroatoms. The summed E-state index contributed by atoms with van der Waals surface area (Å²) < 4.78 is 13.3. The molecule has 1 aromatic rings. The molecule has 0 amide bonds. The normalized spacial score (nSPS) is 14.7. The molecule has 15 heavy (non-hydrogen) atoms. The van der Waals surface area contributed by atoms with E-state index in [1.807, 2.05) is 0 Å². The summed E-state index contributed by atoms with van der Waals surface area (Å²) in [6, 6.07) is 2.64. The van der Waals surface area contributed by atoms with Crippen molar-refractivity contribution in [3.05, 3.63) is 35.8 Å². The van der Waals surface area contributed by atoms with Crippen LogP contribution in [0.4, 0.5) is 10.1 Å². The fraction of sp³-hybridized carbons (Fsp3) is 0.182. The number of anilines is 1. The highest BCUT2D eigenvalue weighted by Crippen LogP contribution is 2.28. The molecule has 0 saturated heterocycles. The van der Waals surface area contributed by atoms with Crippen molar-refractivity contribution in [3.8, 4) is 5.75 Å². The Balaban J connectivity index is 2.43. The van der Waals surface area contributed by atoms with Crippen LogP contribution in [0.1, 0.15) is 5.56 Å². The van der Waals surface area contributed by atoms with Crippen LogP contribution in [0.15, 0.2) is 29.4 Å². The Labute approximate surface area is 87.2 Å². The van der Waals surface area contributed by atoms with E-state index in [0.717, 1.165) is 6.07 Å². The van der Waals surface area contributed by atoms with Crippen molar-refractivity contribution in [3.63, 3.8) is 0 Å². The van der Waals surface area contributed by atoms with Gasteiger partial charge in [-0.1, -0.05) is 0 Å². The Morgan fingerprint density at radius 1 is 1.47 bits per heavy atom. The van der Waals surface area contributed by atoms with Crippen LogP contribution >= 0.6 is 0 Å². The molecule has 0 atom stereocenters. The first-order valence-electron chi connectivity index (χ1n) is 4.61. The number of nitrogens with zero attached hydrogens (tertiary/aromatic N) is 2. The van der Waals surface area contributed by atoms with E-state index in [4.69, 9.17) is 0 Å². The minimum absolute atomic E-state index is 0.0731. The Bertz CT molecular complexity index is 440. The first-order valence-corrected chi connectivity index (χ1v) is 4.61. The summed E-state index contributed by atoms with van der Waals surface area (Å²) in [5, 5.41) is 9.32. The average Bonchev–Trinajstić information content (AvgIpc) is 2.24. The van der Waals surface area contributed by atoms with Crippen molar-refractivity contribution in [2.45, 2.75) is 6.92 Å². The number of hydrogen-bond acceptors (Lipinski definition) is 3. The largest absolute Gasteiger partial charge is 0.508 e. The summed E-state index contributed by atoms with van der Waals surface area (Å²) in [5.74, 6) is -0.482. The summed E-state index contributed by atoms with van der Waals surface area (Å²) in [5.41, 5.74) is 1.15. The molecular weight excluding hydrogens is 195 g/mol. The summed E-state index contributed by atoms with van der Waals surface area (Å²) in [6.07, 6.45) is 5.25. The van der Waals surface area contributed by atoms with Gasteiger partial charge in [-0.25, -0.2) is 4.39 Å². The van der Waals surface area contributed by atoms with Crippen LogP contribution < -0.4 is 4.90 Å². The monoisotopic (exact) mass is 206 g/mol. The molecule has 1 aliphatic heterocycles. The second-order valence-electron chi connectivity index (χ2n) is 3.36. The SMILES string of the molecule is Cc1c(F)cc(O)cc1N1C=CC=NC1. The van der Waals surface area contributed by atoms with E-state index in [0.29, 0.717) is 17.9 Å². The van der Waals surface area contributed by atoms with Crippen LogP contribution in [0.2, 0.25) is 0 Å². The lowest BCUT2D eigenvalue weighted by Crippen LogP contribution is -2.19. The summed E-state index contributed by atoms with van der Waals surface area (Å²) in [7, 11) is 0. The van der Waals surface area contributed by atoms with Gasteiger partial charge in [-0.15, -0.1) is 0 Å². The highest BCUT2D eigenvalue weighted by molar-refractivity contribution is 5.74. The van der Waals surface area contributed by atoms with Gasteiger partial charge in [-0.05, 0) is 13.0 Å². The lowest BCUT2D eigenvalue weighted by Gasteiger charge is -2.22. The lowest BCUT2D eigenvalue weighted by molar-refractivity contribution is 0.468. The standard InChI is InChI=1S/C11H11FN2O/c1-8-10(12)5-9(15)6-11(8)14-4-2-3-13-7-14/h2-6,15H,7H2,1H3. The topological polar surface area (TPSA) is 35.8 Å². The maximum atomic E-state index is 13.3. The van der Waals surface area contributed by atoms with Gasteiger partial charge in [-0.3, -0.25) is 4.99 Å². The molecule has 0 aromatic heterocycles. The predicted octanol–water partition coefficient (Wildman–Crippen LogP) is 2.20. The molecule has 2 rings (SSSR count). The molecule has 0 aliphatic carbocycles. The molecule has 78 valence electrons. The van der Waals surface area contributed by atoms with Crippen molar-refractivity contribution < 1.29 is 9.50 Å². The van der Waals surface area contributed by atoms with Gasteiger partial charge in [0.05, 0.1) is 5.69 Å². The molecule has 0 bridgehead atoms. The quantitative estimate of drug-likeness (QED) is 0.764.